The van der Waals surface area contributed by atoms with Gasteiger partial charge in [-0.05, 0) is 48.9 Å². The fraction of sp³-hybridized carbons (Fsp3) is 0.391. The summed E-state index contributed by atoms with van der Waals surface area (Å²) >= 11 is 0. The molecule has 2 aromatic rings. The summed E-state index contributed by atoms with van der Waals surface area (Å²) in [7, 11) is 3.35. The van der Waals surface area contributed by atoms with Crippen LogP contribution >= 0.6 is 0 Å². The number of carboxylic acid groups (broad SMARTS) is 1. The Morgan fingerprint density at radius 3 is 2.48 bits per heavy atom. The summed E-state index contributed by atoms with van der Waals surface area (Å²) in [5.74, 6) is 0.656. The first-order valence-corrected chi connectivity index (χ1v) is 10.4. The molecule has 0 aromatic heterocycles. The molecule has 0 aliphatic carbocycles. The molecule has 0 spiro atoms. The predicted molar refractivity (Wildman–Crippen MR) is 123 cm³/mol. The third-order valence-corrected chi connectivity index (χ3v) is 5.15. The summed E-state index contributed by atoms with van der Waals surface area (Å²) < 4.78 is 10.4. The Morgan fingerprint density at radius 2 is 1.84 bits per heavy atom. The highest BCUT2D eigenvalue weighted by Gasteiger charge is 2.20. The SMILES string of the molecule is COCCCN=C(Nc1cccc(C(=O)O)c1)N1CCN(c2ccc(OC)cc2)CC1. The van der Waals surface area contributed by atoms with Crippen molar-refractivity contribution < 1.29 is 19.4 Å². The Bertz CT molecular complexity index is 877. The van der Waals surface area contributed by atoms with E-state index in [1.165, 1.54) is 5.69 Å². The Labute approximate surface area is 183 Å². The first-order chi connectivity index (χ1) is 15.1. The number of nitrogens with zero attached hydrogens (tertiary/aromatic N) is 3. The molecule has 0 radical (unpaired) electrons. The summed E-state index contributed by atoms with van der Waals surface area (Å²) in [6, 6.07) is 14.9. The number of hydrogen-bond donors (Lipinski definition) is 2. The fourth-order valence-corrected chi connectivity index (χ4v) is 3.44. The van der Waals surface area contributed by atoms with Crippen LogP contribution in [0.15, 0.2) is 53.5 Å². The van der Waals surface area contributed by atoms with Crippen LogP contribution in [0.1, 0.15) is 16.8 Å². The van der Waals surface area contributed by atoms with Gasteiger partial charge < -0.3 is 29.7 Å². The van der Waals surface area contributed by atoms with Gasteiger partial charge in [-0.2, -0.15) is 0 Å². The minimum absolute atomic E-state index is 0.244. The Morgan fingerprint density at radius 1 is 1.10 bits per heavy atom. The van der Waals surface area contributed by atoms with Gasteiger partial charge in [-0.1, -0.05) is 6.07 Å². The maximum absolute atomic E-state index is 11.3. The lowest BCUT2D eigenvalue weighted by atomic mass is 10.2. The zero-order chi connectivity index (χ0) is 22.1. The van der Waals surface area contributed by atoms with Crippen LogP contribution in [-0.2, 0) is 4.74 Å². The molecule has 8 nitrogen and oxygen atoms in total. The quantitative estimate of drug-likeness (QED) is 0.381. The van der Waals surface area contributed by atoms with Gasteiger partial charge in [-0.15, -0.1) is 0 Å². The van der Waals surface area contributed by atoms with Crippen molar-refractivity contribution in [3.05, 3.63) is 54.1 Å². The van der Waals surface area contributed by atoms with Crippen LogP contribution in [-0.4, -0.2) is 75.5 Å². The van der Waals surface area contributed by atoms with E-state index < -0.39 is 5.97 Å². The number of rotatable bonds is 8. The lowest BCUT2D eigenvalue weighted by Gasteiger charge is -2.37. The molecule has 31 heavy (non-hydrogen) atoms. The van der Waals surface area contributed by atoms with Gasteiger partial charge in [-0.25, -0.2) is 4.79 Å². The molecule has 0 amide bonds. The molecule has 0 saturated carbocycles. The van der Waals surface area contributed by atoms with Crippen molar-refractivity contribution in [2.24, 2.45) is 4.99 Å². The number of nitrogens with one attached hydrogen (secondary N) is 1. The first kappa shape index (κ1) is 22.4. The molecule has 2 N–H and O–H groups in total. The molecule has 1 fully saturated rings. The van der Waals surface area contributed by atoms with Gasteiger partial charge in [-0.3, -0.25) is 4.99 Å². The van der Waals surface area contributed by atoms with Crippen molar-refractivity contribution in [3.8, 4) is 5.75 Å². The summed E-state index contributed by atoms with van der Waals surface area (Å²) in [5, 5.41) is 12.6. The number of guanidine groups is 1. The van der Waals surface area contributed by atoms with Crippen LogP contribution in [0.2, 0.25) is 0 Å². The predicted octanol–water partition coefficient (Wildman–Crippen LogP) is 3.02. The number of methoxy groups -OCH3 is 2. The first-order valence-electron chi connectivity index (χ1n) is 10.4. The lowest BCUT2D eigenvalue weighted by Crippen LogP contribution is -2.50. The number of aromatic carboxylic acids is 1. The number of piperazine rings is 1. The van der Waals surface area contributed by atoms with Crippen molar-refractivity contribution in [1.29, 1.82) is 0 Å². The standard InChI is InChI=1S/C23H30N4O4/c1-30-16-4-11-24-23(25-19-6-3-5-18(17-19)22(28)29)27-14-12-26(13-15-27)20-7-9-21(31-2)10-8-20/h3,5-10,17H,4,11-16H2,1-2H3,(H,24,25)(H,28,29). The van der Waals surface area contributed by atoms with Gasteiger partial charge in [0.2, 0.25) is 0 Å². The minimum Gasteiger partial charge on any atom is -0.497 e. The number of hydrogen-bond acceptors (Lipinski definition) is 5. The zero-order valence-electron chi connectivity index (χ0n) is 18.1. The van der Waals surface area contributed by atoms with Crippen molar-refractivity contribution >= 4 is 23.3 Å². The number of anilines is 2. The van der Waals surface area contributed by atoms with Crippen LogP contribution in [0.3, 0.4) is 0 Å². The lowest BCUT2D eigenvalue weighted by molar-refractivity contribution is 0.0697. The van der Waals surface area contributed by atoms with Crippen LogP contribution < -0.4 is 15.0 Å². The Balaban J connectivity index is 1.68. The fourth-order valence-electron chi connectivity index (χ4n) is 3.44. The van der Waals surface area contributed by atoms with Gasteiger partial charge in [0.15, 0.2) is 5.96 Å². The average molecular weight is 427 g/mol. The molecule has 1 saturated heterocycles. The molecule has 1 aliphatic rings. The van der Waals surface area contributed by atoms with Crippen molar-refractivity contribution in [2.45, 2.75) is 6.42 Å². The highest BCUT2D eigenvalue weighted by atomic mass is 16.5. The maximum Gasteiger partial charge on any atom is 0.335 e. The Kier molecular flexibility index (Phi) is 8.12. The second-order valence-corrected chi connectivity index (χ2v) is 7.23. The topological polar surface area (TPSA) is 86.6 Å². The maximum atomic E-state index is 11.3. The zero-order valence-corrected chi connectivity index (χ0v) is 18.1. The molecule has 0 bridgehead atoms. The van der Waals surface area contributed by atoms with E-state index in [4.69, 9.17) is 14.5 Å². The molecular formula is C23H30N4O4. The van der Waals surface area contributed by atoms with E-state index in [1.54, 1.807) is 32.4 Å². The Hall–Kier alpha value is -3.26. The molecule has 0 atom stereocenters. The number of carbonyl (C=O) groups is 1. The molecule has 8 heteroatoms. The summed E-state index contributed by atoms with van der Waals surface area (Å²) in [6.45, 7) is 4.62. The number of ether oxygens (including phenoxy) is 2. The van der Waals surface area contributed by atoms with E-state index in [2.05, 4.69) is 27.2 Å². The van der Waals surface area contributed by atoms with E-state index in [9.17, 15) is 9.90 Å². The summed E-state index contributed by atoms with van der Waals surface area (Å²) in [5.41, 5.74) is 2.12. The van der Waals surface area contributed by atoms with E-state index in [0.29, 0.717) is 18.8 Å². The summed E-state index contributed by atoms with van der Waals surface area (Å²) in [4.78, 5) is 20.6. The number of carboxylic acids is 1. The van der Waals surface area contributed by atoms with E-state index in [1.807, 2.05) is 18.2 Å². The number of benzene rings is 2. The van der Waals surface area contributed by atoms with Gasteiger partial charge in [0, 0.05) is 57.8 Å². The van der Waals surface area contributed by atoms with Crippen molar-refractivity contribution in [3.63, 3.8) is 0 Å². The smallest absolute Gasteiger partial charge is 0.335 e. The molecule has 166 valence electrons. The molecular weight excluding hydrogens is 396 g/mol. The second kappa shape index (κ2) is 11.2. The van der Waals surface area contributed by atoms with E-state index in [-0.39, 0.29) is 5.56 Å². The molecule has 1 heterocycles. The van der Waals surface area contributed by atoms with Gasteiger partial charge in [0.05, 0.1) is 12.7 Å². The largest absolute Gasteiger partial charge is 0.497 e. The minimum atomic E-state index is -0.949. The van der Waals surface area contributed by atoms with Crippen molar-refractivity contribution in [2.75, 3.05) is 63.8 Å². The van der Waals surface area contributed by atoms with Crippen LogP contribution in [0, 0.1) is 0 Å². The normalized spacial score (nSPS) is 14.5. The molecule has 3 rings (SSSR count). The monoisotopic (exact) mass is 426 g/mol. The van der Waals surface area contributed by atoms with E-state index in [0.717, 1.165) is 44.3 Å². The molecule has 1 aliphatic heterocycles. The van der Waals surface area contributed by atoms with Gasteiger partial charge >= 0.3 is 5.97 Å². The van der Waals surface area contributed by atoms with Crippen LogP contribution in [0.25, 0.3) is 0 Å². The third-order valence-electron chi connectivity index (χ3n) is 5.15. The van der Waals surface area contributed by atoms with Crippen molar-refractivity contribution in [1.82, 2.24) is 4.90 Å². The van der Waals surface area contributed by atoms with Crippen LogP contribution in [0.4, 0.5) is 11.4 Å². The summed E-state index contributed by atoms with van der Waals surface area (Å²) in [6.07, 6.45) is 0.822. The van der Waals surface area contributed by atoms with Gasteiger partial charge in [0.1, 0.15) is 5.75 Å². The number of aliphatic imine (C=N–C) groups is 1. The molecule has 2 aromatic carbocycles. The van der Waals surface area contributed by atoms with Gasteiger partial charge in [0.25, 0.3) is 0 Å². The van der Waals surface area contributed by atoms with E-state index >= 15 is 0 Å². The third kappa shape index (κ3) is 6.36. The molecule has 0 unspecified atom stereocenters. The highest BCUT2D eigenvalue weighted by Crippen LogP contribution is 2.21. The highest BCUT2D eigenvalue weighted by molar-refractivity contribution is 5.96. The second-order valence-electron chi connectivity index (χ2n) is 7.23. The average Bonchev–Trinajstić information content (AvgIpc) is 2.81. The van der Waals surface area contributed by atoms with Crippen LogP contribution in [0.5, 0.6) is 5.75 Å².